The van der Waals surface area contributed by atoms with Gasteiger partial charge in [0.15, 0.2) is 0 Å². The molecule has 0 heterocycles. The maximum Gasteiger partial charge on any atom is 0.328 e. The predicted molar refractivity (Wildman–Crippen MR) is 73.6 cm³/mol. The molecule has 0 bridgehead atoms. The van der Waals surface area contributed by atoms with E-state index in [-0.39, 0.29) is 23.9 Å². The molecule has 0 saturated heterocycles. The Hall–Kier alpha value is -2.09. The standard InChI is InChI=1S/C12H17N3O4S/c1-9-3-5-11(6-4-9)20(18,19)15-12(17)14-8-7-13-10(2)16/h3-6H,7-8H2,1-2H3,(H,13,16)(H2,14,15,17). The molecule has 0 atom stereocenters. The average Bonchev–Trinajstić information content (AvgIpc) is 2.34. The number of carbonyl (C=O) groups excluding carboxylic acids is 2. The molecule has 3 amide bonds. The molecule has 0 aliphatic carbocycles. The minimum atomic E-state index is -3.88. The van der Waals surface area contributed by atoms with Crippen LogP contribution in [-0.2, 0) is 14.8 Å². The molecule has 0 aromatic heterocycles. The molecular weight excluding hydrogens is 282 g/mol. The van der Waals surface area contributed by atoms with Crippen LogP contribution in [0, 0.1) is 6.92 Å². The Morgan fingerprint density at radius 2 is 1.60 bits per heavy atom. The van der Waals surface area contributed by atoms with E-state index in [0.29, 0.717) is 0 Å². The third-order valence-corrected chi connectivity index (χ3v) is 3.69. The molecule has 0 radical (unpaired) electrons. The lowest BCUT2D eigenvalue weighted by atomic mass is 10.2. The summed E-state index contributed by atoms with van der Waals surface area (Å²) in [6, 6.07) is 5.28. The Morgan fingerprint density at radius 3 is 2.15 bits per heavy atom. The Bertz CT molecular complexity index is 581. The van der Waals surface area contributed by atoms with Crippen molar-refractivity contribution in [1.29, 1.82) is 0 Å². The van der Waals surface area contributed by atoms with Crippen LogP contribution in [0.3, 0.4) is 0 Å². The van der Waals surface area contributed by atoms with E-state index in [0.717, 1.165) is 5.56 Å². The van der Waals surface area contributed by atoms with E-state index in [1.54, 1.807) is 12.1 Å². The van der Waals surface area contributed by atoms with E-state index in [9.17, 15) is 18.0 Å². The Kier molecular flexibility index (Phi) is 5.51. The molecular formula is C12H17N3O4S. The van der Waals surface area contributed by atoms with E-state index in [1.807, 2.05) is 11.6 Å². The number of benzene rings is 1. The second-order valence-electron chi connectivity index (χ2n) is 4.16. The summed E-state index contributed by atoms with van der Waals surface area (Å²) in [6.07, 6.45) is 0. The van der Waals surface area contributed by atoms with Crippen LogP contribution in [0.5, 0.6) is 0 Å². The van der Waals surface area contributed by atoms with E-state index in [4.69, 9.17) is 0 Å². The van der Waals surface area contributed by atoms with Gasteiger partial charge in [0.25, 0.3) is 10.0 Å². The fraction of sp³-hybridized carbons (Fsp3) is 0.333. The number of aryl methyl sites for hydroxylation is 1. The Labute approximate surface area is 117 Å². The molecule has 1 aromatic rings. The average molecular weight is 299 g/mol. The van der Waals surface area contributed by atoms with Gasteiger partial charge in [-0.2, -0.15) is 0 Å². The fourth-order valence-corrected chi connectivity index (χ4v) is 2.28. The van der Waals surface area contributed by atoms with Gasteiger partial charge in [-0.25, -0.2) is 17.9 Å². The summed E-state index contributed by atoms with van der Waals surface area (Å²) in [4.78, 5) is 22.0. The summed E-state index contributed by atoms with van der Waals surface area (Å²) in [5.74, 6) is -0.223. The first-order chi connectivity index (χ1) is 9.31. The first-order valence-electron chi connectivity index (χ1n) is 5.93. The molecule has 0 aliphatic rings. The number of amides is 3. The molecule has 0 aliphatic heterocycles. The number of carbonyl (C=O) groups is 2. The quantitative estimate of drug-likeness (QED) is 0.672. The van der Waals surface area contributed by atoms with Crippen molar-refractivity contribution in [3.63, 3.8) is 0 Å². The van der Waals surface area contributed by atoms with Crippen molar-refractivity contribution in [2.75, 3.05) is 13.1 Å². The highest BCUT2D eigenvalue weighted by Crippen LogP contribution is 2.09. The number of hydrogen-bond acceptors (Lipinski definition) is 4. The van der Waals surface area contributed by atoms with Crippen LogP contribution in [0.1, 0.15) is 12.5 Å². The molecule has 1 aromatic carbocycles. The first-order valence-corrected chi connectivity index (χ1v) is 7.41. The van der Waals surface area contributed by atoms with Gasteiger partial charge in [-0.1, -0.05) is 17.7 Å². The van der Waals surface area contributed by atoms with Gasteiger partial charge in [-0.15, -0.1) is 0 Å². The summed E-state index contributed by atoms with van der Waals surface area (Å²) in [5, 5.41) is 4.80. The van der Waals surface area contributed by atoms with Crippen LogP contribution < -0.4 is 15.4 Å². The Morgan fingerprint density at radius 1 is 1.05 bits per heavy atom. The lowest BCUT2D eigenvalue weighted by Gasteiger charge is -2.09. The second-order valence-corrected chi connectivity index (χ2v) is 5.84. The summed E-state index contributed by atoms with van der Waals surface area (Å²) in [5.41, 5.74) is 0.920. The number of hydrogen-bond donors (Lipinski definition) is 3. The van der Waals surface area contributed by atoms with E-state index in [1.165, 1.54) is 19.1 Å². The lowest BCUT2D eigenvalue weighted by molar-refractivity contribution is -0.118. The zero-order valence-electron chi connectivity index (χ0n) is 11.3. The zero-order valence-corrected chi connectivity index (χ0v) is 12.1. The normalized spacial score (nSPS) is 10.7. The van der Waals surface area contributed by atoms with Crippen molar-refractivity contribution in [3.05, 3.63) is 29.8 Å². The molecule has 7 nitrogen and oxygen atoms in total. The zero-order chi connectivity index (χ0) is 15.2. The molecule has 0 saturated carbocycles. The van der Waals surface area contributed by atoms with Crippen LogP contribution in [0.15, 0.2) is 29.2 Å². The van der Waals surface area contributed by atoms with Crippen LogP contribution in [0.25, 0.3) is 0 Å². The maximum absolute atomic E-state index is 11.9. The minimum Gasteiger partial charge on any atom is -0.355 e. The SMILES string of the molecule is CC(=O)NCCNC(=O)NS(=O)(=O)c1ccc(C)cc1. The van der Waals surface area contributed by atoms with Crippen LogP contribution in [0.2, 0.25) is 0 Å². The molecule has 1 rings (SSSR count). The highest BCUT2D eigenvalue weighted by molar-refractivity contribution is 7.90. The van der Waals surface area contributed by atoms with Crippen molar-refractivity contribution in [3.8, 4) is 0 Å². The minimum absolute atomic E-state index is 0.0140. The number of nitrogens with one attached hydrogen (secondary N) is 3. The van der Waals surface area contributed by atoms with Gasteiger partial charge >= 0.3 is 6.03 Å². The molecule has 0 spiro atoms. The van der Waals surface area contributed by atoms with E-state index < -0.39 is 16.1 Å². The largest absolute Gasteiger partial charge is 0.355 e. The Balaban J connectivity index is 2.52. The van der Waals surface area contributed by atoms with Crippen molar-refractivity contribution in [1.82, 2.24) is 15.4 Å². The van der Waals surface area contributed by atoms with Crippen molar-refractivity contribution in [2.45, 2.75) is 18.7 Å². The predicted octanol–water partition coefficient (Wildman–Crippen LogP) is 0.119. The monoisotopic (exact) mass is 299 g/mol. The van der Waals surface area contributed by atoms with E-state index in [2.05, 4.69) is 10.6 Å². The van der Waals surface area contributed by atoms with Gasteiger partial charge < -0.3 is 10.6 Å². The van der Waals surface area contributed by atoms with Crippen molar-refractivity contribution < 1.29 is 18.0 Å². The smallest absolute Gasteiger partial charge is 0.328 e. The highest BCUT2D eigenvalue weighted by atomic mass is 32.2. The number of urea groups is 1. The van der Waals surface area contributed by atoms with Crippen molar-refractivity contribution >= 4 is 22.0 Å². The number of rotatable bonds is 5. The van der Waals surface area contributed by atoms with Gasteiger partial charge in [0.05, 0.1) is 4.90 Å². The maximum atomic E-state index is 11.9. The van der Waals surface area contributed by atoms with E-state index >= 15 is 0 Å². The third kappa shape index (κ3) is 5.27. The molecule has 20 heavy (non-hydrogen) atoms. The summed E-state index contributed by atoms with van der Waals surface area (Å²) >= 11 is 0. The lowest BCUT2D eigenvalue weighted by Crippen LogP contribution is -2.42. The van der Waals surface area contributed by atoms with Crippen LogP contribution in [-0.4, -0.2) is 33.4 Å². The molecule has 8 heteroatoms. The van der Waals surface area contributed by atoms with Crippen LogP contribution >= 0.6 is 0 Å². The molecule has 0 unspecified atom stereocenters. The number of sulfonamides is 1. The van der Waals surface area contributed by atoms with Gasteiger partial charge in [-0.3, -0.25) is 4.79 Å². The third-order valence-electron chi connectivity index (χ3n) is 2.34. The van der Waals surface area contributed by atoms with Gasteiger partial charge in [0, 0.05) is 20.0 Å². The molecule has 110 valence electrons. The fourth-order valence-electron chi connectivity index (χ4n) is 1.35. The summed E-state index contributed by atoms with van der Waals surface area (Å²) in [6.45, 7) is 3.54. The highest BCUT2D eigenvalue weighted by Gasteiger charge is 2.16. The first kappa shape index (κ1) is 16.0. The second kappa shape index (κ2) is 6.90. The molecule has 0 fully saturated rings. The summed E-state index contributed by atoms with van der Waals surface area (Å²) < 4.78 is 25.6. The van der Waals surface area contributed by atoms with Gasteiger partial charge in [0.2, 0.25) is 5.91 Å². The van der Waals surface area contributed by atoms with Gasteiger partial charge in [0.1, 0.15) is 0 Å². The van der Waals surface area contributed by atoms with Crippen LogP contribution in [0.4, 0.5) is 4.79 Å². The van der Waals surface area contributed by atoms with Crippen molar-refractivity contribution in [2.24, 2.45) is 0 Å². The molecule has 3 N–H and O–H groups in total. The van der Waals surface area contributed by atoms with Gasteiger partial charge in [-0.05, 0) is 19.1 Å². The topological polar surface area (TPSA) is 104 Å². The summed E-state index contributed by atoms with van der Waals surface area (Å²) in [7, 11) is -3.88.